The Labute approximate surface area is 93.7 Å². The molecule has 1 heterocycles. The Hall–Kier alpha value is -0.750. The molecule has 86 valence electrons. The van der Waals surface area contributed by atoms with Gasteiger partial charge in [-0.3, -0.25) is 4.79 Å². The monoisotopic (exact) mass is 233 g/mol. The van der Waals surface area contributed by atoms with Gasteiger partial charge in [0.05, 0.1) is 13.0 Å². The fourth-order valence-corrected chi connectivity index (χ4v) is 1.29. The van der Waals surface area contributed by atoms with Crippen LogP contribution in [0.2, 0.25) is 0 Å². The summed E-state index contributed by atoms with van der Waals surface area (Å²) in [4.78, 5) is 21.2. The highest BCUT2D eigenvalue weighted by Crippen LogP contribution is 2.27. The van der Waals surface area contributed by atoms with E-state index in [4.69, 9.17) is 15.2 Å². The molecule has 0 bridgehead atoms. The lowest BCUT2D eigenvalue weighted by Crippen LogP contribution is -2.48. The van der Waals surface area contributed by atoms with Gasteiger partial charge in [-0.2, -0.15) is 0 Å². The van der Waals surface area contributed by atoms with Crippen LogP contribution in [0.3, 0.4) is 0 Å². The van der Waals surface area contributed by atoms with Crippen LogP contribution in [0.5, 0.6) is 0 Å². The third kappa shape index (κ3) is 3.39. The molecule has 0 radical (unpaired) electrons. The van der Waals surface area contributed by atoms with Crippen molar-refractivity contribution in [2.45, 2.75) is 37.2 Å². The average molecular weight is 233 g/mol. The zero-order valence-electron chi connectivity index (χ0n) is 8.78. The number of carbonyl (C=O) groups is 2. The maximum Gasteiger partial charge on any atom is 0.336 e. The van der Waals surface area contributed by atoms with Gasteiger partial charge in [0.2, 0.25) is 0 Å². The molecule has 1 aliphatic heterocycles. The van der Waals surface area contributed by atoms with E-state index < -0.39 is 16.4 Å². The molecule has 0 saturated carbocycles. The van der Waals surface area contributed by atoms with Crippen molar-refractivity contribution in [2.24, 2.45) is 5.73 Å². The molecule has 1 saturated heterocycles. The summed E-state index contributed by atoms with van der Waals surface area (Å²) in [6, 6.07) is 0. The quantitative estimate of drug-likeness (QED) is 0.405. The molecule has 2 atom stereocenters. The number of esters is 2. The third-order valence-corrected chi connectivity index (χ3v) is 2.35. The predicted octanol–water partition coefficient (Wildman–Crippen LogP) is 0.230. The molecule has 2 N–H and O–H groups in total. The van der Waals surface area contributed by atoms with E-state index in [1.54, 1.807) is 6.92 Å². The van der Waals surface area contributed by atoms with Gasteiger partial charge in [0, 0.05) is 6.42 Å². The molecule has 0 amide bonds. The van der Waals surface area contributed by atoms with Crippen molar-refractivity contribution in [3.63, 3.8) is 0 Å². The molecule has 0 spiro atoms. The van der Waals surface area contributed by atoms with Crippen molar-refractivity contribution in [1.29, 1.82) is 0 Å². The fraction of sp³-hybridized carbons (Fsp3) is 0.778. The number of nitrogens with two attached hydrogens (primary N) is 1. The summed E-state index contributed by atoms with van der Waals surface area (Å²) in [5.41, 5.74) is 4.64. The first-order chi connectivity index (χ1) is 6.73. The second-order valence-corrected chi connectivity index (χ2v) is 5.06. The number of hydrogen-bond donors (Lipinski definition) is 2. The normalized spacial score (nSPS) is 30.3. The van der Waals surface area contributed by atoms with E-state index in [1.807, 2.05) is 0 Å². The van der Waals surface area contributed by atoms with Crippen molar-refractivity contribution >= 4 is 24.6 Å². The van der Waals surface area contributed by atoms with Crippen molar-refractivity contribution in [3.8, 4) is 0 Å². The molecule has 0 aromatic carbocycles. The molecule has 1 rings (SSSR count). The van der Waals surface area contributed by atoms with E-state index in [0.29, 0.717) is 6.42 Å². The van der Waals surface area contributed by atoms with Crippen LogP contribution in [0, 0.1) is 0 Å². The molecule has 1 fully saturated rings. The summed E-state index contributed by atoms with van der Waals surface area (Å²) in [6.45, 7) is 3.38. The van der Waals surface area contributed by atoms with Crippen molar-refractivity contribution in [3.05, 3.63) is 0 Å². The zero-order valence-corrected chi connectivity index (χ0v) is 9.67. The first-order valence-electron chi connectivity index (χ1n) is 4.63. The molecule has 0 aromatic rings. The van der Waals surface area contributed by atoms with Crippen LogP contribution in [-0.4, -0.2) is 29.0 Å². The van der Waals surface area contributed by atoms with E-state index in [1.165, 1.54) is 6.92 Å². The number of cyclic esters (lactones) is 1. The Kier molecular flexibility index (Phi) is 3.30. The molecular weight excluding hydrogens is 218 g/mol. The maximum absolute atomic E-state index is 11.5. The lowest BCUT2D eigenvalue weighted by atomic mass is 9.96. The Balaban J connectivity index is 2.64. The van der Waals surface area contributed by atoms with Crippen LogP contribution in [0.1, 0.15) is 26.7 Å². The third-order valence-electron chi connectivity index (χ3n) is 2.16. The van der Waals surface area contributed by atoms with Crippen LogP contribution in [0.25, 0.3) is 0 Å². The Bertz CT molecular complexity index is 286. The number of ether oxygens (including phenoxy) is 2. The molecule has 15 heavy (non-hydrogen) atoms. The molecular formula is C9H15NO4S. The summed E-state index contributed by atoms with van der Waals surface area (Å²) in [5.74, 6) is -1.00. The average Bonchev–Trinajstić information content (AvgIpc) is 2.00. The van der Waals surface area contributed by atoms with Crippen molar-refractivity contribution in [1.82, 2.24) is 0 Å². The molecule has 5 nitrogen and oxygen atoms in total. The van der Waals surface area contributed by atoms with Crippen LogP contribution in [0.15, 0.2) is 0 Å². The van der Waals surface area contributed by atoms with E-state index >= 15 is 0 Å². The van der Waals surface area contributed by atoms with E-state index in [0.717, 1.165) is 0 Å². The minimum absolute atomic E-state index is 0.0581. The summed E-state index contributed by atoms with van der Waals surface area (Å²) in [7, 11) is 0. The lowest BCUT2D eigenvalue weighted by Gasteiger charge is -2.34. The van der Waals surface area contributed by atoms with Crippen LogP contribution in [-0.2, 0) is 19.1 Å². The molecule has 0 aliphatic carbocycles. The van der Waals surface area contributed by atoms with Gasteiger partial charge < -0.3 is 15.2 Å². The van der Waals surface area contributed by atoms with Gasteiger partial charge >= 0.3 is 11.9 Å². The van der Waals surface area contributed by atoms with Gasteiger partial charge in [0.15, 0.2) is 4.87 Å². The summed E-state index contributed by atoms with van der Waals surface area (Å²) < 4.78 is 9.93. The number of carbonyl (C=O) groups excluding carboxylic acids is 2. The second kappa shape index (κ2) is 4.02. The topological polar surface area (TPSA) is 78.6 Å². The van der Waals surface area contributed by atoms with Gasteiger partial charge in [0.25, 0.3) is 0 Å². The predicted molar refractivity (Wildman–Crippen MR) is 56.3 cm³/mol. The maximum atomic E-state index is 11.5. The van der Waals surface area contributed by atoms with Crippen LogP contribution >= 0.6 is 12.6 Å². The Morgan fingerprint density at radius 3 is 2.80 bits per heavy atom. The minimum atomic E-state index is -1.34. The Morgan fingerprint density at radius 2 is 2.33 bits per heavy atom. The largest absolute Gasteiger partial charge is 0.465 e. The fourth-order valence-electron chi connectivity index (χ4n) is 1.24. The smallest absolute Gasteiger partial charge is 0.336 e. The van der Waals surface area contributed by atoms with E-state index in [2.05, 4.69) is 12.6 Å². The SMILES string of the molecule is CC1(OC(=O)C(C)(N)S)CCOC(=O)C1. The van der Waals surface area contributed by atoms with E-state index in [9.17, 15) is 9.59 Å². The molecule has 6 heteroatoms. The standard InChI is InChI=1S/C9H15NO4S/c1-8(3-4-13-6(11)5-8)14-7(12)9(2,10)15/h15H,3-5,10H2,1-2H3. The van der Waals surface area contributed by atoms with Gasteiger partial charge in [-0.1, -0.05) is 0 Å². The first kappa shape index (κ1) is 12.3. The summed E-state index contributed by atoms with van der Waals surface area (Å²) in [5, 5.41) is 0. The van der Waals surface area contributed by atoms with Gasteiger partial charge in [0.1, 0.15) is 5.60 Å². The lowest BCUT2D eigenvalue weighted by molar-refractivity contribution is -0.176. The van der Waals surface area contributed by atoms with Gasteiger partial charge in [-0.25, -0.2) is 4.79 Å². The highest BCUT2D eigenvalue weighted by Gasteiger charge is 2.39. The molecule has 2 unspecified atom stereocenters. The van der Waals surface area contributed by atoms with Gasteiger partial charge in [-0.15, -0.1) is 12.6 Å². The van der Waals surface area contributed by atoms with E-state index in [-0.39, 0.29) is 19.0 Å². The zero-order chi connectivity index (χ0) is 11.7. The molecule has 1 aliphatic rings. The summed E-state index contributed by atoms with van der Waals surface area (Å²) >= 11 is 3.90. The Morgan fingerprint density at radius 1 is 1.73 bits per heavy atom. The van der Waals surface area contributed by atoms with Crippen molar-refractivity contribution in [2.75, 3.05) is 6.61 Å². The first-order valence-corrected chi connectivity index (χ1v) is 5.08. The highest BCUT2D eigenvalue weighted by atomic mass is 32.1. The highest BCUT2D eigenvalue weighted by molar-refractivity contribution is 7.82. The molecule has 0 aromatic heterocycles. The van der Waals surface area contributed by atoms with Gasteiger partial charge in [-0.05, 0) is 13.8 Å². The number of hydrogen-bond acceptors (Lipinski definition) is 6. The second-order valence-electron chi connectivity index (χ2n) is 4.13. The van der Waals surface area contributed by atoms with Crippen molar-refractivity contribution < 1.29 is 19.1 Å². The summed E-state index contributed by atoms with van der Waals surface area (Å²) in [6.07, 6.45) is 0.539. The van der Waals surface area contributed by atoms with Crippen LogP contribution < -0.4 is 5.73 Å². The van der Waals surface area contributed by atoms with Crippen LogP contribution in [0.4, 0.5) is 0 Å². The number of thiol groups is 1. The number of rotatable bonds is 2. The minimum Gasteiger partial charge on any atom is -0.465 e.